The van der Waals surface area contributed by atoms with E-state index in [0.29, 0.717) is 16.9 Å². The summed E-state index contributed by atoms with van der Waals surface area (Å²) < 4.78 is 27.4. The van der Waals surface area contributed by atoms with Gasteiger partial charge in [0.25, 0.3) is 0 Å². The van der Waals surface area contributed by atoms with Crippen molar-refractivity contribution in [1.82, 2.24) is 19.7 Å². The number of nitriles is 1. The minimum Gasteiger partial charge on any atom is -0.494 e. The Morgan fingerprint density at radius 3 is 2.89 bits per heavy atom. The van der Waals surface area contributed by atoms with Gasteiger partial charge in [0.15, 0.2) is 22.8 Å². The van der Waals surface area contributed by atoms with Crippen molar-refractivity contribution >= 4 is 28.0 Å². The number of halogens is 1. The molecule has 1 aliphatic heterocycles. The summed E-state index contributed by atoms with van der Waals surface area (Å²) in [5.74, 6) is -1.73. The van der Waals surface area contributed by atoms with E-state index in [4.69, 9.17) is 14.5 Å². The van der Waals surface area contributed by atoms with E-state index in [1.807, 2.05) is 24.5 Å². The predicted molar refractivity (Wildman–Crippen MR) is 130 cm³/mol. The smallest absolute Gasteiger partial charge is 0.335 e. The number of H-pyrrole nitrogens is 1. The van der Waals surface area contributed by atoms with Crippen LogP contribution in [0.2, 0.25) is 0 Å². The first-order valence-corrected chi connectivity index (χ1v) is 11.6. The Labute approximate surface area is 206 Å². The lowest BCUT2D eigenvalue weighted by atomic mass is 9.79. The second-order valence-corrected chi connectivity index (χ2v) is 10.0. The average Bonchev–Trinajstić information content (AvgIpc) is 3.53. The van der Waals surface area contributed by atoms with E-state index in [1.165, 1.54) is 13.2 Å². The second kappa shape index (κ2) is 8.31. The van der Waals surface area contributed by atoms with Gasteiger partial charge in [-0.25, -0.2) is 14.2 Å². The molecule has 186 valence electrons. The molecule has 1 saturated heterocycles. The van der Waals surface area contributed by atoms with Crippen LogP contribution in [0.4, 0.5) is 4.39 Å². The molecule has 4 aromatic rings. The molecular weight excluding hydrogens is 465 g/mol. The van der Waals surface area contributed by atoms with Crippen LogP contribution in [0, 0.1) is 17.1 Å². The number of aromatic nitrogens is 4. The Morgan fingerprint density at radius 1 is 1.44 bits per heavy atom. The highest BCUT2D eigenvalue weighted by atomic mass is 19.1. The van der Waals surface area contributed by atoms with Crippen molar-refractivity contribution in [1.29, 1.82) is 5.26 Å². The number of hydrogen-bond acceptors (Lipinski definition) is 6. The minimum atomic E-state index is -1.34. The fourth-order valence-electron chi connectivity index (χ4n) is 5.19. The van der Waals surface area contributed by atoms with Crippen LogP contribution in [0.5, 0.6) is 5.75 Å². The molecule has 2 N–H and O–H groups in total. The van der Waals surface area contributed by atoms with E-state index < -0.39 is 22.8 Å². The maximum atomic E-state index is 14.4. The van der Waals surface area contributed by atoms with Crippen molar-refractivity contribution in [3.63, 3.8) is 0 Å². The molecule has 0 amide bonds. The second-order valence-electron chi connectivity index (χ2n) is 10.0. The number of ether oxygens (including phenoxy) is 2. The summed E-state index contributed by atoms with van der Waals surface area (Å²) in [6, 6.07) is 8.82. The molecule has 3 aromatic heterocycles. The SMILES string of the molecule is COc1cc(-n2c(C(C)(C)CC#N)c([C@H]3CO[C@](C)(C(=O)O)C3)c3nc4[nH]ncc4cc32)ccc1F. The third kappa shape index (κ3) is 3.58. The molecule has 1 aromatic carbocycles. The number of methoxy groups -OCH3 is 1. The third-order valence-corrected chi connectivity index (χ3v) is 7.04. The van der Waals surface area contributed by atoms with Gasteiger partial charge in [0, 0.05) is 46.2 Å². The zero-order valence-corrected chi connectivity index (χ0v) is 20.4. The zero-order chi connectivity index (χ0) is 25.8. The number of nitrogens with zero attached hydrogens (tertiary/aromatic N) is 4. The van der Waals surface area contributed by atoms with Crippen LogP contribution in [0.1, 0.15) is 50.8 Å². The van der Waals surface area contributed by atoms with E-state index in [9.17, 15) is 19.6 Å². The van der Waals surface area contributed by atoms with Crippen LogP contribution in [0.15, 0.2) is 30.5 Å². The topological polar surface area (TPSA) is 126 Å². The predicted octanol–water partition coefficient (Wildman–Crippen LogP) is 4.59. The third-order valence-electron chi connectivity index (χ3n) is 7.04. The van der Waals surface area contributed by atoms with Gasteiger partial charge in [-0.3, -0.25) is 5.10 Å². The highest BCUT2D eigenvalue weighted by Crippen LogP contribution is 2.47. The molecule has 0 spiro atoms. The zero-order valence-electron chi connectivity index (χ0n) is 20.4. The fraction of sp³-hybridized carbons (Fsp3) is 0.385. The molecule has 5 rings (SSSR count). The number of carboxylic acid groups (broad SMARTS) is 1. The minimum absolute atomic E-state index is 0.0833. The normalized spacial score (nSPS) is 20.2. The van der Waals surface area contributed by atoms with E-state index >= 15 is 0 Å². The first-order valence-electron chi connectivity index (χ1n) is 11.6. The van der Waals surface area contributed by atoms with Crippen molar-refractivity contribution in [3.05, 3.63) is 47.5 Å². The molecule has 0 saturated carbocycles. The standard InChI is InChI=1S/C26H26FN5O4/c1-25(2,7-8-28)22-20(15-11-26(3,24(33)34)36-13-15)21-18(9-14-12-29-31-23(14)30-21)32(22)16-5-6-17(27)19(10-16)35-4/h5-6,9-10,12,15H,7,11,13H2,1-4H3,(H,33,34)(H,29,30,31)/t15-,26+/m1/s1. The first kappa shape index (κ1) is 23.8. The number of hydrogen-bond donors (Lipinski definition) is 2. The largest absolute Gasteiger partial charge is 0.494 e. The maximum absolute atomic E-state index is 14.4. The monoisotopic (exact) mass is 491 g/mol. The molecule has 0 aliphatic carbocycles. The number of aromatic amines is 1. The molecule has 0 radical (unpaired) electrons. The van der Waals surface area contributed by atoms with Crippen molar-refractivity contribution in [3.8, 4) is 17.5 Å². The molecule has 10 heteroatoms. The first-order chi connectivity index (χ1) is 17.1. The summed E-state index contributed by atoms with van der Waals surface area (Å²) in [5, 5.41) is 27.3. The van der Waals surface area contributed by atoms with Crippen LogP contribution < -0.4 is 4.74 Å². The molecule has 0 bridgehead atoms. The summed E-state index contributed by atoms with van der Waals surface area (Å²) in [7, 11) is 1.40. The van der Waals surface area contributed by atoms with Gasteiger partial charge < -0.3 is 19.1 Å². The lowest BCUT2D eigenvalue weighted by Crippen LogP contribution is -2.34. The van der Waals surface area contributed by atoms with Gasteiger partial charge in [0.05, 0.1) is 37.0 Å². The quantitative estimate of drug-likeness (QED) is 0.404. The fourth-order valence-corrected chi connectivity index (χ4v) is 5.19. The summed E-state index contributed by atoms with van der Waals surface area (Å²) in [5.41, 5.74) is 2.21. The molecule has 1 fully saturated rings. The van der Waals surface area contributed by atoms with Crippen LogP contribution in [0.25, 0.3) is 27.8 Å². The van der Waals surface area contributed by atoms with Crippen LogP contribution >= 0.6 is 0 Å². The summed E-state index contributed by atoms with van der Waals surface area (Å²) in [6.45, 7) is 5.68. The maximum Gasteiger partial charge on any atom is 0.335 e. The molecule has 9 nitrogen and oxygen atoms in total. The number of pyridine rings is 1. The number of carbonyl (C=O) groups is 1. The Morgan fingerprint density at radius 2 is 2.22 bits per heavy atom. The molecule has 1 aliphatic rings. The van der Waals surface area contributed by atoms with E-state index in [2.05, 4.69) is 16.3 Å². The summed E-state index contributed by atoms with van der Waals surface area (Å²) >= 11 is 0. The Kier molecular flexibility index (Phi) is 5.48. The highest BCUT2D eigenvalue weighted by Gasteiger charge is 2.46. The van der Waals surface area contributed by atoms with Gasteiger partial charge in [-0.05, 0) is 31.5 Å². The lowest BCUT2D eigenvalue weighted by Gasteiger charge is -2.28. The Bertz CT molecular complexity index is 1550. The van der Waals surface area contributed by atoms with E-state index in [0.717, 1.165) is 22.2 Å². The highest BCUT2D eigenvalue weighted by molar-refractivity contribution is 5.94. The molecule has 4 heterocycles. The average molecular weight is 492 g/mol. The number of aliphatic carboxylic acids is 1. The van der Waals surface area contributed by atoms with Crippen molar-refractivity contribution in [2.45, 2.75) is 50.5 Å². The van der Waals surface area contributed by atoms with Crippen LogP contribution in [-0.2, 0) is 14.9 Å². The van der Waals surface area contributed by atoms with Crippen molar-refractivity contribution < 1.29 is 23.8 Å². The summed E-state index contributed by atoms with van der Waals surface area (Å²) in [6.07, 6.45) is 2.11. The van der Waals surface area contributed by atoms with Gasteiger partial charge in [-0.15, -0.1) is 0 Å². The van der Waals surface area contributed by atoms with Crippen LogP contribution in [-0.4, -0.2) is 50.1 Å². The van der Waals surface area contributed by atoms with Gasteiger partial charge in [0.2, 0.25) is 0 Å². The van der Waals surface area contributed by atoms with E-state index in [1.54, 1.807) is 25.3 Å². The molecule has 2 atom stereocenters. The number of carboxylic acids is 1. The number of rotatable bonds is 6. The van der Waals surface area contributed by atoms with Crippen molar-refractivity contribution in [2.75, 3.05) is 13.7 Å². The lowest BCUT2D eigenvalue weighted by molar-refractivity contribution is -0.157. The Hall–Kier alpha value is -3.97. The van der Waals surface area contributed by atoms with Crippen LogP contribution in [0.3, 0.4) is 0 Å². The van der Waals surface area contributed by atoms with Gasteiger partial charge in [-0.2, -0.15) is 10.4 Å². The number of fused-ring (bicyclic) bond motifs is 2. The van der Waals surface area contributed by atoms with Gasteiger partial charge >= 0.3 is 5.97 Å². The molecule has 0 unspecified atom stereocenters. The van der Waals surface area contributed by atoms with E-state index in [-0.39, 0.29) is 31.1 Å². The molecule has 36 heavy (non-hydrogen) atoms. The number of nitrogens with one attached hydrogen (secondary N) is 1. The molecular formula is C26H26FN5O4. The van der Waals surface area contributed by atoms with Crippen molar-refractivity contribution in [2.24, 2.45) is 0 Å². The summed E-state index contributed by atoms with van der Waals surface area (Å²) in [4.78, 5) is 16.9. The van der Waals surface area contributed by atoms with Gasteiger partial charge in [-0.1, -0.05) is 13.8 Å². The van der Waals surface area contributed by atoms with Gasteiger partial charge in [0.1, 0.15) is 0 Å². The number of benzene rings is 1. The Balaban J connectivity index is 1.89.